The van der Waals surface area contributed by atoms with Crippen molar-refractivity contribution in [1.29, 1.82) is 0 Å². The molecule has 1 saturated heterocycles. The highest BCUT2D eigenvalue weighted by Crippen LogP contribution is 2.11. The first kappa shape index (κ1) is 19.6. The summed E-state index contributed by atoms with van der Waals surface area (Å²) in [4.78, 5) is 24.6. The van der Waals surface area contributed by atoms with Crippen molar-refractivity contribution >= 4 is 11.8 Å². The third kappa shape index (κ3) is 5.38. The normalized spacial score (nSPS) is 15.3. The van der Waals surface area contributed by atoms with E-state index in [1.54, 1.807) is 7.05 Å². The van der Waals surface area contributed by atoms with Crippen LogP contribution >= 0.6 is 0 Å². The summed E-state index contributed by atoms with van der Waals surface area (Å²) in [5, 5.41) is 11.2. The molecule has 4 N–H and O–H groups in total. The zero-order chi connectivity index (χ0) is 19.1. The molecule has 0 spiro atoms. The van der Waals surface area contributed by atoms with Crippen LogP contribution in [-0.2, 0) is 4.79 Å². The summed E-state index contributed by atoms with van der Waals surface area (Å²) >= 11 is 0. The Balaban J connectivity index is 2.07. The Morgan fingerprint density at radius 1 is 1.19 bits per heavy atom. The van der Waals surface area contributed by atoms with Gasteiger partial charge in [0.15, 0.2) is 0 Å². The van der Waals surface area contributed by atoms with Crippen molar-refractivity contribution in [3.05, 3.63) is 59.4 Å². The first-order chi connectivity index (χ1) is 12.4. The molecule has 0 aliphatic carbocycles. The molecule has 8 heteroatoms. The molecule has 1 fully saturated rings. The van der Waals surface area contributed by atoms with Crippen molar-refractivity contribution in [3.63, 3.8) is 0 Å². The van der Waals surface area contributed by atoms with E-state index in [1.165, 1.54) is 6.20 Å². The maximum Gasteiger partial charge on any atom is 0.255 e. The summed E-state index contributed by atoms with van der Waals surface area (Å²) in [6.45, 7) is 5.36. The Morgan fingerprint density at radius 3 is 2.38 bits per heavy atom. The number of nitrogens with one attached hydrogen (secondary N) is 4. The van der Waals surface area contributed by atoms with Crippen LogP contribution in [0.5, 0.6) is 0 Å². The number of piperidine rings is 1. The fourth-order valence-electron chi connectivity index (χ4n) is 2.58. The minimum atomic E-state index is -0.864. The number of carbonyl (C=O) groups excluding carboxylic acids is 2. The number of halogens is 2. The minimum absolute atomic E-state index is 0.0318. The van der Waals surface area contributed by atoms with Crippen LogP contribution in [0.2, 0.25) is 0 Å². The van der Waals surface area contributed by atoms with Gasteiger partial charge in [-0.1, -0.05) is 6.58 Å². The number of carbonyl (C=O) groups is 2. The summed E-state index contributed by atoms with van der Waals surface area (Å²) in [6, 6.07) is 2.52. The standard InChI is InChI=1S/C18H22F2N4O2/c1-11(17(25)23-15-3-5-22-6-4-15)16(10-21-2)24-18(26)12-7-13(19)9-14(20)8-12/h7-10,15,21-22H,1,3-6H2,2H3,(H,23,25)(H,24,26)/b16-10+. The van der Waals surface area contributed by atoms with Gasteiger partial charge in [0.05, 0.1) is 11.3 Å². The Kier molecular flexibility index (Phi) is 6.85. The SMILES string of the molecule is C=C(C(=O)NC1CCNCC1)/C(=C\NC)NC(=O)c1cc(F)cc(F)c1. The molecular weight excluding hydrogens is 342 g/mol. The van der Waals surface area contributed by atoms with Crippen molar-refractivity contribution in [2.75, 3.05) is 20.1 Å². The van der Waals surface area contributed by atoms with Gasteiger partial charge in [-0.3, -0.25) is 9.59 Å². The van der Waals surface area contributed by atoms with Gasteiger partial charge in [0.1, 0.15) is 11.6 Å². The van der Waals surface area contributed by atoms with Gasteiger partial charge in [0, 0.05) is 30.9 Å². The molecular formula is C18H22F2N4O2. The predicted octanol–water partition coefficient (Wildman–Crippen LogP) is 1.18. The van der Waals surface area contributed by atoms with E-state index in [1.807, 2.05) is 0 Å². The lowest BCUT2D eigenvalue weighted by Gasteiger charge is -2.24. The molecule has 6 nitrogen and oxygen atoms in total. The highest BCUT2D eigenvalue weighted by Gasteiger charge is 2.20. The topological polar surface area (TPSA) is 82.3 Å². The van der Waals surface area contributed by atoms with Crippen LogP contribution in [-0.4, -0.2) is 38.0 Å². The summed E-state index contributed by atoms with van der Waals surface area (Å²) in [7, 11) is 1.59. The van der Waals surface area contributed by atoms with Gasteiger partial charge < -0.3 is 21.3 Å². The molecule has 0 atom stereocenters. The molecule has 26 heavy (non-hydrogen) atoms. The van der Waals surface area contributed by atoms with Crippen LogP contribution in [0.15, 0.2) is 42.2 Å². The molecule has 2 rings (SSSR count). The average molecular weight is 364 g/mol. The van der Waals surface area contributed by atoms with Gasteiger partial charge in [-0.05, 0) is 38.1 Å². The van der Waals surface area contributed by atoms with Crippen LogP contribution in [0.4, 0.5) is 8.78 Å². The zero-order valence-corrected chi connectivity index (χ0v) is 14.5. The van der Waals surface area contributed by atoms with Gasteiger partial charge in [-0.25, -0.2) is 8.78 Å². The molecule has 140 valence electrons. The Hall–Kier alpha value is -2.74. The predicted molar refractivity (Wildman–Crippen MR) is 94.1 cm³/mol. The average Bonchev–Trinajstić information content (AvgIpc) is 2.60. The van der Waals surface area contributed by atoms with Gasteiger partial charge in [0.2, 0.25) is 0 Å². The Bertz CT molecular complexity index is 708. The number of rotatable bonds is 6. The fourth-order valence-corrected chi connectivity index (χ4v) is 2.58. The second-order valence-electron chi connectivity index (χ2n) is 5.94. The van der Waals surface area contributed by atoms with E-state index in [0.717, 1.165) is 38.1 Å². The molecule has 0 unspecified atom stereocenters. The number of amides is 2. The van der Waals surface area contributed by atoms with Gasteiger partial charge >= 0.3 is 0 Å². The van der Waals surface area contributed by atoms with Gasteiger partial charge in [0.25, 0.3) is 11.8 Å². The van der Waals surface area contributed by atoms with Crippen LogP contribution < -0.4 is 21.3 Å². The highest BCUT2D eigenvalue weighted by atomic mass is 19.1. The first-order valence-electron chi connectivity index (χ1n) is 8.26. The molecule has 1 heterocycles. The summed E-state index contributed by atoms with van der Waals surface area (Å²) in [6.07, 6.45) is 3.00. The maximum atomic E-state index is 13.3. The van der Waals surface area contributed by atoms with E-state index in [9.17, 15) is 18.4 Å². The third-order valence-corrected chi connectivity index (χ3v) is 3.94. The maximum absolute atomic E-state index is 13.3. The second kappa shape index (κ2) is 9.10. The fraction of sp³-hybridized carbons (Fsp3) is 0.333. The van der Waals surface area contributed by atoms with Crippen LogP contribution in [0, 0.1) is 11.6 Å². The molecule has 1 aromatic rings. The number of hydrogen-bond donors (Lipinski definition) is 4. The summed E-state index contributed by atoms with van der Waals surface area (Å²) in [5.74, 6) is -2.89. The van der Waals surface area contributed by atoms with E-state index >= 15 is 0 Å². The van der Waals surface area contributed by atoms with E-state index in [2.05, 4.69) is 27.8 Å². The van der Waals surface area contributed by atoms with Crippen molar-refractivity contribution in [2.24, 2.45) is 0 Å². The molecule has 0 saturated carbocycles. The van der Waals surface area contributed by atoms with E-state index in [4.69, 9.17) is 0 Å². The lowest BCUT2D eigenvalue weighted by molar-refractivity contribution is -0.118. The Morgan fingerprint density at radius 2 is 1.81 bits per heavy atom. The third-order valence-electron chi connectivity index (χ3n) is 3.94. The van der Waals surface area contributed by atoms with Crippen molar-refractivity contribution in [1.82, 2.24) is 21.3 Å². The monoisotopic (exact) mass is 364 g/mol. The molecule has 2 amide bonds. The second-order valence-corrected chi connectivity index (χ2v) is 5.94. The lowest BCUT2D eigenvalue weighted by atomic mass is 10.1. The lowest BCUT2D eigenvalue weighted by Crippen LogP contribution is -2.44. The first-order valence-corrected chi connectivity index (χ1v) is 8.26. The van der Waals surface area contributed by atoms with Crippen LogP contribution in [0.1, 0.15) is 23.2 Å². The molecule has 1 aliphatic heterocycles. The molecule has 0 bridgehead atoms. The largest absolute Gasteiger partial charge is 0.392 e. The molecule has 1 aromatic carbocycles. The quantitative estimate of drug-likeness (QED) is 0.451. The highest BCUT2D eigenvalue weighted by molar-refractivity contribution is 6.01. The minimum Gasteiger partial charge on any atom is -0.392 e. The van der Waals surface area contributed by atoms with E-state index < -0.39 is 23.4 Å². The van der Waals surface area contributed by atoms with Crippen molar-refractivity contribution in [2.45, 2.75) is 18.9 Å². The molecule has 1 aliphatic rings. The Labute approximate surface area is 150 Å². The summed E-state index contributed by atoms with van der Waals surface area (Å²) < 4.78 is 26.6. The smallest absolute Gasteiger partial charge is 0.255 e. The van der Waals surface area contributed by atoms with Crippen molar-refractivity contribution < 1.29 is 18.4 Å². The van der Waals surface area contributed by atoms with Gasteiger partial charge in [-0.15, -0.1) is 0 Å². The number of benzene rings is 1. The summed E-state index contributed by atoms with van der Waals surface area (Å²) in [5.41, 5.74) is -0.0345. The number of hydrogen-bond acceptors (Lipinski definition) is 4. The van der Waals surface area contributed by atoms with Gasteiger partial charge in [-0.2, -0.15) is 0 Å². The van der Waals surface area contributed by atoms with Crippen molar-refractivity contribution in [3.8, 4) is 0 Å². The van der Waals surface area contributed by atoms with Crippen LogP contribution in [0.3, 0.4) is 0 Å². The zero-order valence-electron chi connectivity index (χ0n) is 14.5. The van der Waals surface area contributed by atoms with Crippen LogP contribution in [0.25, 0.3) is 0 Å². The molecule has 0 radical (unpaired) electrons. The molecule has 0 aromatic heterocycles. The van der Waals surface area contributed by atoms with E-state index in [0.29, 0.717) is 6.07 Å². The van der Waals surface area contributed by atoms with E-state index in [-0.39, 0.29) is 22.9 Å².